The molecule has 3 rings (SSSR count). The fourth-order valence-electron chi connectivity index (χ4n) is 2.99. The maximum atomic E-state index is 12.8. The molecule has 0 aliphatic heterocycles. The number of ether oxygens (including phenoxy) is 1. The Morgan fingerprint density at radius 3 is 2.65 bits per heavy atom. The summed E-state index contributed by atoms with van der Waals surface area (Å²) >= 11 is 1.41. The number of amides is 2. The Hall–Kier alpha value is -2.82. The minimum Gasteiger partial charge on any atom is -0.495 e. The van der Waals surface area contributed by atoms with Gasteiger partial charge >= 0.3 is 0 Å². The second-order valence-electron chi connectivity index (χ2n) is 9.47. The van der Waals surface area contributed by atoms with Gasteiger partial charge in [0, 0.05) is 30.3 Å². The zero-order valence-corrected chi connectivity index (χ0v) is 22.3. The van der Waals surface area contributed by atoms with Crippen molar-refractivity contribution >= 4 is 47.4 Å². The smallest absolute Gasteiger partial charge is 0.258 e. The van der Waals surface area contributed by atoms with E-state index in [-0.39, 0.29) is 16.9 Å². The summed E-state index contributed by atoms with van der Waals surface area (Å²) in [5, 5.41) is 7.67. The molecule has 0 atom stereocenters. The van der Waals surface area contributed by atoms with E-state index in [9.17, 15) is 9.59 Å². The minimum absolute atomic E-state index is 0.161. The molecule has 34 heavy (non-hydrogen) atoms. The second-order valence-corrected chi connectivity index (χ2v) is 15.2. The van der Waals surface area contributed by atoms with Crippen LogP contribution in [-0.4, -0.2) is 50.4 Å². The lowest BCUT2D eigenvalue weighted by atomic mass is 10.1. The summed E-state index contributed by atoms with van der Waals surface area (Å²) in [5.41, 5.74) is 1.99. The minimum atomic E-state index is -1.78. The van der Waals surface area contributed by atoms with Crippen molar-refractivity contribution < 1.29 is 18.8 Å². The van der Waals surface area contributed by atoms with Gasteiger partial charge < -0.3 is 19.8 Å². The summed E-state index contributed by atoms with van der Waals surface area (Å²) < 4.78 is 12.4. The molecule has 0 aliphatic carbocycles. The predicted molar refractivity (Wildman–Crippen MR) is 138 cm³/mol. The number of rotatable bonds is 9. The Labute approximate surface area is 205 Å². The SMILES string of the molecule is COc1cc(C(=O)NCCCO[Si](C)(C)C(C)(C)C)ccc1NC(=O)c1csc2cncnc12. The van der Waals surface area contributed by atoms with E-state index >= 15 is 0 Å². The lowest BCUT2D eigenvalue weighted by Crippen LogP contribution is -2.41. The highest BCUT2D eigenvalue weighted by Gasteiger charge is 2.36. The van der Waals surface area contributed by atoms with Crippen molar-refractivity contribution in [3.05, 3.63) is 47.2 Å². The van der Waals surface area contributed by atoms with Crippen LogP contribution in [0.5, 0.6) is 5.75 Å². The Morgan fingerprint density at radius 2 is 1.94 bits per heavy atom. The Balaban J connectivity index is 1.58. The van der Waals surface area contributed by atoms with E-state index in [0.29, 0.717) is 41.2 Å². The van der Waals surface area contributed by atoms with Crippen LogP contribution in [0.3, 0.4) is 0 Å². The van der Waals surface area contributed by atoms with Crippen LogP contribution in [0.2, 0.25) is 18.1 Å². The highest BCUT2D eigenvalue weighted by Crippen LogP contribution is 2.36. The van der Waals surface area contributed by atoms with Gasteiger partial charge in [0.15, 0.2) is 8.32 Å². The third-order valence-corrected chi connectivity index (χ3v) is 11.5. The number of thiophene rings is 1. The zero-order chi connectivity index (χ0) is 24.9. The summed E-state index contributed by atoms with van der Waals surface area (Å²) in [4.78, 5) is 33.6. The van der Waals surface area contributed by atoms with Gasteiger partial charge in [0.05, 0.1) is 28.6 Å². The third kappa shape index (κ3) is 5.99. The lowest BCUT2D eigenvalue weighted by molar-refractivity contribution is 0.0950. The molecule has 3 aromatic rings. The average molecular weight is 501 g/mol. The number of hydrogen-bond donors (Lipinski definition) is 2. The molecule has 0 saturated heterocycles. The lowest BCUT2D eigenvalue weighted by Gasteiger charge is -2.36. The van der Waals surface area contributed by atoms with Crippen LogP contribution < -0.4 is 15.4 Å². The molecule has 0 saturated carbocycles. The molecule has 0 aliphatic rings. The van der Waals surface area contributed by atoms with E-state index in [1.807, 2.05) is 0 Å². The summed E-state index contributed by atoms with van der Waals surface area (Å²) in [7, 11) is -0.286. The fraction of sp³-hybridized carbons (Fsp3) is 0.417. The van der Waals surface area contributed by atoms with E-state index in [2.05, 4.69) is 54.5 Å². The number of fused-ring (bicyclic) bond motifs is 1. The van der Waals surface area contributed by atoms with Crippen LogP contribution in [0.1, 0.15) is 47.9 Å². The molecule has 0 bridgehead atoms. The summed E-state index contributed by atoms with van der Waals surface area (Å²) in [6, 6.07) is 4.94. The molecule has 1 aromatic carbocycles. The van der Waals surface area contributed by atoms with E-state index < -0.39 is 8.32 Å². The molecule has 0 radical (unpaired) electrons. The largest absolute Gasteiger partial charge is 0.495 e. The second kappa shape index (κ2) is 10.6. The number of carbonyl (C=O) groups excluding carboxylic acids is 2. The monoisotopic (exact) mass is 500 g/mol. The van der Waals surface area contributed by atoms with Crippen LogP contribution >= 0.6 is 11.3 Å². The van der Waals surface area contributed by atoms with E-state index in [0.717, 1.165) is 11.1 Å². The van der Waals surface area contributed by atoms with Gasteiger partial charge in [-0.05, 0) is 42.8 Å². The van der Waals surface area contributed by atoms with Gasteiger partial charge in [0.2, 0.25) is 0 Å². The highest BCUT2D eigenvalue weighted by atomic mass is 32.1. The van der Waals surface area contributed by atoms with Crippen LogP contribution in [-0.2, 0) is 4.43 Å². The number of carbonyl (C=O) groups is 2. The molecule has 182 valence electrons. The van der Waals surface area contributed by atoms with Crippen molar-refractivity contribution in [2.45, 2.75) is 45.3 Å². The first-order valence-electron chi connectivity index (χ1n) is 11.1. The van der Waals surface area contributed by atoms with Gasteiger partial charge in [0.25, 0.3) is 11.8 Å². The topological polar surface area (TPSA) is 102 Å². The average Bonchev–Trinajstić information content (AvgIpc) is 3.22. The zero-order valence-electron chi connectivity index (χ0n) is 20.5. The van der Waals surface area contributed by atoms with Gasteiger partial charge in [-0.1, -0.05) is 20.8 Å². The first-order valence-corrected chi connectivity index (χ1v) is 14.9. The molecule has 8 nitrogen and oxygen atoms in total. The Kier molecular flexibility index (Phi) is 8.06. The standard InChI is InChI=1S/C24H32N4O4SSi/c1-24(2,3)34(5,6)32-11-7-10-26-22(29)16-8-9-18(19(12-16)31-4)28-23(30)17-14-33-20-13-25-15-27-21(17)20/h8-9,12-15H,7,10-11H2,1-6H3,(H,26,29)(H,28,30). The molecule has 10 heteroatoms. The van der Waals surface area contributed by atoms with Crippen LogP contribution in [0.25, 0.3) is 10.2 Å². The molecule has 2 heterocycles. The third-order valence-electron chi connectivity index (χ3n) is 6.07. The van der Waals surface area contributed by atoms with Gasteiger partial charge in [-0.15, -0.1) is 11.3 Å². The summed E-state index contributed by atoms with van der Waals surface area (Å²) in [6.07, 6.45) is 3.83. The quantitative estimate of drug-likeness (QED) is 0.313. The van der Waals surface area contributed by atoms with Crippen molar-refractivity contribution in [1.29, 1.82) is 0 Å². The fourth-order valence-corrected chi connectivity index (χ4v) is 4.94. The maximum Gasteiger partial charge on any atom is 0.258 e. The van der Waals surface area contributed by atoms with Crippen molar-refractivity contribution in [2.75, 3.05) is 25.6 Å². The normalized spacial score (nSPS) is 11.9. The molecule has 0 spiro atoms. The molecular weight excluding hydrogens is 468 g/mol. The van der Waals surface area contributed by atoms with Crippen molar-refractivity contribution in [2.24, 2.45) is 0 Å². The van der Waals surface area contributed by atoms with Gasteiger partial charge in [0.1, 0.15) is 12.1 Å². The van der Waals surface area contributed by atoms with Crippen molar-refractivity contribution in [3.8, 4) is 5.75 Å². The maximum absolute atomic E-state index is 12.8. The van der Waals surface area contributed by atoms with Gasteiger partial charge in [-0.25, -0.2) is 9.97 Å². The number of benzene rings is 1. The van der Waals surface area contributed by atoms with Crippen LogP contribution in [0.15, 0.2) is 36.1 Å². The number of aromatic nitrogens is 2. The number of nitrogens with zero attached hydrogens (tertiary/aromatic N) is 2. The molecular formula is C24H32N4O4SSi. The Morgan fingerprint density at radius 1 is 1.18 bits per heavy atom. The van der Waals surface area contributed by atoms with E-state index in [1.165, 1.54) is 24.8 Å². The van der Waals surface area contributed by atoms with Crippen LogP contribution in [0.4, 0.5) is 5.69 Å². The predicted octanol–water partition coefficient (Wildman–Crippen LogP) is 5.09. The van der Waals surface area contributed by atoms with Crippen molar-refractivity contribution in [3.63, 3.8) is 0 Å². The molecule has 0 unspecified atom stereocenters. The highest BCUT2D eigenvalue weighted by molar-refractivity contribution is 7.17. The van der Waals surface area contributed by atoms with Gasteiger partial charge in [-0.2, -0.15) is 0 Å². The van der Waals surface area contributed by atoms with E-state index in [1.54, 1.807) is 29.8 Å². The Bertz CT molecular complexity index is 1170. The molecule has 2 aromatic heterocycles. The first kappa shape index (κ1) is 25.8. The molecule has 2 amide bonds. The van der Waals surface area contributed by atoms with Crippen LogP contribution in [0, 0.1) is 0 Å². The molecule has 0 fully saturated rings. The van der Waals surface area contributed by atoms with Gasteiger partial charge in [-0.3, -0.25) is 9.59 Å². The molecule has 2 N–H and O–H groups in total. The van der Waals surface area contributed by atoms with E-state index in [4.69, 9.17) is 9.16 Å². The summed E-state index contributed by atoms with van der Waals surface area (Å²) in [5.74, 6) is -0.109. The first-order chi connectivity index (χ1) is 16.0. The number of nitrogens with one attached hydrogen (secondary N) is 2. The number of anilines is 1. The number of hydrogen-bond acceptors (Lipinski definition) is 7. The van der Waals surface area contributed by atoms with Crippen molar-refractivity contribution in [1.82, 2.24) is 15.3 Å². The summed E-state index contributed by atoms with van der Waals surface area (Å²) in [6.45, 7) is 12.2. The number of methoxy groups -OCH3 is 1.